The van der Waals surface area contributed by atoms with Crippen LogP contribution >= 0.6 is 0 Å². The Morgan fingerprint density at radius 3 is 2.22 bits per heavy atom. The Morgan fingerprint density at radius 2 is 1.64 bits per heavy atom. The molecule has 0 heterocycles. The Kier molecular flexibility index (Phi) is 7.91. The number of hydrogen-bond donors (Lipinski definition) is 1. The number of carbonyl (C=O) groups is 2. The van der Waals surface area contributed by atoms with Crippen LogP contribution in [0.3, 0.4) is 0 Å². The number of benzene rings is 3. The van der Waals surface area contributed by atoms with Crippen molar-refractivity contribution in [3.8, 4) is 5.75 Å². The molecule has 0 bridgehead atoms. The summed E-state index contributed by atoms with van der Waals surface area (Å²) < 4.78 is 63.5. The monoisotopic (exact) mass is 505 g/mol. The highest BCUT2D eigenvalue weighted by Gasteiger charge is 2.37. The fraction of sp³-hybridized carbons (Fsp3) is 0.333. The number of hydrogen-bond acceptors (Lipinski definition) is 4. The van der Waals surface area contributed by atoms with Crippen molar-refractivity contribution in [2.24, 2.45) is 5.41 Å². The van der Waals surface area contributed by atoms with E-state index in [0.717, 1.165) is 12.1 Å². The van der Waals surface area contributed by atoms with Gasteiger partial charge in [0.05, 0.1) is 18.2 Å². The average Bonchev–Trinajstić information content (AvgIpc) is 2.84. The third kappa shape index (κ3) is 5.95. The molecule has 3 rings (SSSR count). The van der Waals surface area contributed by atoms with Crippen molar-refractivity contribution >= 4 is 22.6 Å². The summed E-state index contributed by atoms with van der Waals surface area (Å²) in [5.41, 5.74) is -0.971. The maximum absolute atomic E-state index is 14.1. The normalized spacial score (nSPS) is 12.8. The van der Waals surface area contributed by atoms with E-state index in [4.69, 9.17) is 9.47 Å². The van der Waals surface area contributed by atoms with E-state index in [1.807, 2.05) is 20.8 Å². The molecule has 0 aromatic heterocycles. The molecular weight excluding hydrogens is 478 g/mol. The topological polar surface area (TPSA) is 64.6 Å². The van der Waals surface area contributed by atoms with Crippen LogP contribution in [-0.2, 0) is 22.3 Å². The van der Waals surface area contributed by atoms with Crippen LogP contribution in [0.5, 0.6) is 5.75 Å². The maximum Gasteiger partial charge on any atom is 0.416 e. The number of fused-ring (bicyclic) bond motifs is 1. The second kappa shape index (κ2) is 10.6. The molecule has 0 radical (unpaired) electrons. The second-order valence-corrected chi connectivity index (χ2v) is 9.06. The van der Waals surface area contributed by atoms with Crippen molar-refractivity contribution in [2.75, 3.05) is 7.11 Å². The van der Waals surface area contributed by atoms with Crippen molar-refractivity contribution in [1.29, 1.82) is 0 Å². The zero-order valence-electron chi connectivity index (χ0n) is 20.3. The molecule has 0 saturated carbocycles. The maximum atomic E-state index is 14.1. The molecule has 36 heavy (non-hydrogen) atoms. The largest absolute Gasteiger partial charge is 0.487 e. The summed E-state index contributed by atoms with van der Waals surface area (Å²) in [6, 6.07) is 10.5. The van der Waals surface area contributed by atoms with E-state index in [9.17, 15) is 27.2 Å². The van der Waals surface area contributed by atoms with Crippen LogP contribution < -0.4 is 10.1 Å². The van der Waals surface area contributed by atoms with Gasteiger partial charge < -0.3 is 14.8 Å². The van der Waals surface area contributed by atoms with Gasteiger partial charge in [-0.2, -0.15) is 13.2 Å². The predicted octanol–water partition coefficient (Wildman–Crippen LogP) is 6.28. The first-order valence-corrected chi connectivity index (χ1v) is 11.3. The summed E-state index contributed by atoms with van der Waals surface area (Å²) >= 11 is 0. The third-order valence-corrected chi connectivity index (χ3v) is 6.25. The summed E-state index contributed by atoms with van der Waals surface area (Å²) in [7, 11) is 1.23. The van der Waals surface area contributed by atoms with E-state index in [2.05, 4.69) is 5.32 Å². The molecule has 9 heteroatoms. The second-order valence-electron chi connectivity index (χ2n) is 9.06. The Balaban J connectivity index is 1.99. The zero-order chi connectivity index (χ0) is 26.7. The molecule has 0 saturated heterocycles. The standard InChI is InChI=1S/C27H27F4NO4/c1-5-26(2,3)23(25(34)35-4)32-24(33)20-13-9-17-8-12-19(28)14-21(17)22(20)36-15-16-6-10-18(11-7-16)27(29,30)31/h6-14,23H,5,15H2,1-4H3,(H,32,33). The van der Waals surface area contributed by atoms with Crippen molar-refractivity contribution in [1.82, 2.24) is 5.32 Å². The first kappa shape index (κ1) is 27.0. The zero-order valence-corrected chi connectivity index (χ0v) is 20.3. The van der Waals surface area contributed by atoms with Gasteiger partial charge in [0.15, 0.2) is 0 Å². The SMILES string of the molecule is CCC(C)(C)C(NC(=O)c1ccc2ccc(F)cc2c1OCc1ccc(C(F)(F)F)cc1)C(=O)OC. The van der Waals surface area contributed by atoms with Gasteiger partial charge in [0.2, 0.25) is 0 Å². The molecule has 0 aliphatic heterocycles. The molecule has 3 aromatic rings. The first-order chi connectivity index (χ1) is 16.9. The quantitative estimate of drug-likeness (QED) is 0.289. The van der Waals surface area contributed by atoms with Crippen LogP contribution in [0.15, 0.2) is 54.6 Å². The van der Waals surface area contributed by atoms with Gasteiger partial charge in [0, 0.05) is 5.39 Å². The van der Waals surface area contributed by atoms with Gasteiger partial charge in [-0.25, -0.2) is 9.18 Å². The smallest absolute Gasteiger partial charge is 0.416 e. The third-order valence-electron chi connectivity index (χ3n) is 6.25. The highest BCUT2D eigenvalue weighted by molar-refractivity contribution is 6.05. The van der Waals surface area contributed by atoms with Crippen LogP contribution in [0.25, 0.3) is 10.8 Å². The molecule has 1 N–H and O–H groups in total. The van der Waals surface area contributed by atoms with Gasteiger partial charge >= 0.3 is 12.1 Å². The van der Waals surface area contributed by atoms with Gasteiger partial charge in [0.25, 0.3) is 5.91 Å². The number of halogens is 4. The Bertz CT molecular complexity index is 1250. The number of alkyl halides is 3. The minimum Gasteiger partial charge on any atom is -0.487 e. The van der Waals surface area contributed by atoms with Crippen molar-refractivity contribution < 1.29 is 36.6 Å². The van der Waals surface area contributed by atoms with Gasteiger partial charge in [0.1, 0.15) is 24.2 Å². The lowest BCUT2D eigenvalue weighted by molar-refractivity contribution is -0.146. The van der Waals surface area contributed by atoms with Gasteiger partial charge in [-0.05, 0) is 53.1 Å². The minimum absolute atomic E-state index is 0.0424. The molecule has 1 atom stereocenters. The summed E-state index contributed by atoms with van der Waals surface area (Å²) in [6.07, 6.45) is -3.91. The minimum atomic E-state index is -4.47. The number of methoxy groups -OCH3 is 1. The van der Waals surface area contributed by atoms with Gasteiger partial charge in [-0.15, -0.1) is 0 Å². The van der Waals surface area contributed by atoms with Crippen molar-refractivity contribution in [3.63, 3.8) is 0 Å². The van der Waals surface area contributed by atoms with Gasteiger partial charge in [-0.3, -0.25) is 4.79 Å². The van der Waals surface area contributed by atoms with Crippen LogP contribution in [0.2, 0.25) is 0 Å². The molecule has 5 nitrogen and oxygen atoms in total. The lowest BCUT2D eigenvalue weighted by Gasteiger charge is -2.32. The number of carbonyl (C=O) groups excluding carboxylic acids is 2. The number of ether oxygens (including phenoxy) is 2. The fourth-order valence-corrected chi connectivity index (χ4v) is 3.65. The molecule has 3 aromatic carbocycles. The predicted molar refractivity (Wildman–Crippen MR) is 127 cm³/mol. The Hall–Kier alpha value is -3.62. The number of esters is 1. The van der Waals surface area contributed by atoms with Gasteiger partial charge in [-0.1, -0.05) is 45.0 Å². The average molecular weight is 506 g/mol. The van der Waals surface area contributed by atoms with E-state index in [-0.39, 0.29) is 17.9 Å². The first-order valence-electron chi connectivity index (χ1n) is 11.3. The summed E-state index contributed by atoms with van der Waals surface area (Å²) in [5.74, 6) is -1.77. The molecule has 1 amide bonds. The number of nitrogens with one attached hydrogen (secondary N) is 1. The molecule has 0 fully saturated rings. The van der Waals surface area contributed by atoms with Crippen LogP contribution in [0, 0.1) is 11.2 Å². The highest BCUT2D eigenvalue weighted by atomic mass is 19.4. The fourth-order valence-electron chi connectivity index (χ4n) is 3.65. The summed E-state index contributed by atoms with van der Waals surface area (Å²) in [5, 5.41) is 3.60. The van der Waals surface area contributed by atoms with Crippen molar-refractivity contribution in [3.05, 3.63) is 77.1 Å². The van der Waals surface area contributed by atoms with E-state index >= 15 is 0 Å². The molecular formula is C27H27F4NO4. The highest BCUT2D eigenvalue weighted by Crippen LogP contribution is 2.33. The summed E-state index contributed by atoms with van der Waals surface area (Å²) in [6.45, 7) is 5.33. The molecule has 0 spiro atoms. The van der Waals surface area contributed by atoms with E-state index < -0.39 is 40.9 Å². The van der Waals surface area contributed by atoms with Crippen LogP contribution in [0.4, 0.5) is 17.6 Å². The van der Waals surface area contributed by atoms with Crippen molar-refractivity contribution in [2.45, 2.75) is 46.0 Å². The molecule has 1 unspecified atom stereocenters. The molecule has 0 aliphatic carbocycles. The van der Waals surface area contributed by atoms with E-state index in [1.165, 1.54) is 43.5 Å². The lowest BCUT2D eigenvalue weighted by atomic mass is 9.81. The Labute approximate surface area is 206 Å². The van der Waals surface area contributed by atoms with E-state index in [1.54, 1.807) is 6.07 Å². The molecule has 192 valence electrons. The van der Waals surface area contributed by atoms with Crippen LogP contribution in [-0.4, -0.2) is 25.0 Å². The van der Waals surface area contributed by atoms with Crippen LogP contribution in [0.1, 0.15) is 48.7 Å². The van der Waals surface area contributed by atoms with E-state index in [0.29, 0.717) is 22.8 Å². The Morgan fingerprint density at radius 1 is 1.00 bits per heavy atom. The molecule has 0 aliphatic rings. The lowest BCUT2D eigenvalue weighted by Crippen LogP contribution is -2.50. The number of rotatable bonds is 8. The number of amides is 1. The summed E-state index contributed by atoms with van der Waals surface area (Å²) in [4.78, 5) is 25.8.